The van der Waals surface area contributed by atoms with Crippen LogP contribution in [0.15, 0.2) is 28.7 Å². The molecule has 0 aliphatic heterocycles. The molecule has 2 aromatic rings. The van der Waals surface area contributed by atoms with Crippen LogP contribution < -0.4 is 10.1 Å². The first-order valence-electron chi connectivity index (χ1n) is 5.61. The summed E-state index contributed by atoms with van der Waals surface area (Å²) in [6.07, 6.45) is 0.272. The number of ether oxygens (including phenoxy) is 1. The number of carbonyl (C=O) groups is 1. The Labute approximate surface area is 117 Å². The number of aromatic nitrogens is 4. The lowest BCUT2D eigenvalue weighted by molar-refractivity contribution is -0.121. The molecule has 2 rings (SSSR count). The molecule has 0 atom stereocenters. The van der Waals surface area contributed by atoms with Crippen molar-refractivity contribution in [1.82, 2.24) is 25.9 Å². The summed E-state index contributed by atoms with van der Waals surface area (Å²) in [7, 11) is 0. The summed E-state index contributed by atoms with van der Waals surface area (Å²) in [5, 5.41) is 15.8. The van der Waals surface area contributed by atoms with Crippen LogP contribution in [-0.4, -0.2) is 33.1 Å². The maximum Gasteiger partial charge on any atom is 0.223 e. The maximum absolute atomic E-state index is 11.5. The van der Waals surface area contributed by atoms with Gasteiger partial charge in [-0.1, -0.05) is 21.1 Å². The maximum atomic E-state index is 11.5. The summed E-state index contributed by atoms with van der Waals surface area (Å²) in [4.78, 5) is 11.5. The van der Waals surface area contributed by atoms with Gasteiger partial charge in [-0.3, -0.25) is 4.79 Å². The van der Waals surface area contributed by atoms with Crippen LogP contribution in [0, 0.1) is 0 Å². The Balaban J connectivity index is 1.65. The van der Waals surface area contributed by atoms with Crippen molar-refractivity contribution in [2.75, 3.05) is 6.61 Å². The zero-order valence-corrected chi connectivity index (χ0v) is 11.6. The molecule has 0 aliphatic rings. The van der Waals surface area contributed by atoms with Crippen LogP contribution in [0.2, 0.25) is 0 Å². The predicted octanol–water partition coefficient (Wildman–Crippen LogP) is 1.05. The normalized spacial score (nSPS) is 10.2. The second-order valence-corrected chi connectivity index (χ2v) is 4.57. The molecule has 1 heterocycles. The topological polar surface area (TPSA) is 92.8 Å². The lowest BCUT2D eigenvalue weighted by Gasteiger charge is -2.06. The number of hydrogen-bond acceptors (Lipinski definition) is 5. The average Bonchev–Trinajstić information content (AvgIpc) is 2.92. The largest absolute Gasteiger partial charge is 0.493 e. The fraction of sp³-hybridized carbons (Fsp3) is 0.273. The van der Waals surface area contributed by atoms with Crippen molar-refractivity contribution in [1.29, 1.82) is 0 Å². The molecule has 0 spiro atoms. The van der Waals surface area contributed by atoms with Crippen LogP contribution in [0.4, 0.5) is 0 Å². The molecule has 0 unspecified atom stereocenters. The molecular weight excluding hydrogens is 314 g/mol. The number of rotatable bonds is 6. The first-order valence-corrected chi connectivity index (χ1v) is 6.41. The van der Waals surface area contributed by atoms with E-state index in [2.05, 4.69) is 41.9 Å². The van der Waals surface area contributed by atoms with E-state index in [9.17, 15) is 4.79 Å². The van der Waals surface area contributed by atoms with Crippen LogP contribution in [0.1, 0.15) is 12.2 Å². The highest BCUT2D eigenvalue weighted by Gasteiger charge is 2.04. The molecule has 8 heteroatoms. The Bertz CT molecular complexity index is 514. The summed E-state index contributed by atoms with van der Waals surface area (Å²) in [6, 6.07) is 7.43. The SMILES string of the molecule is O=C(CCOc1ccc(Br)cc1)NCc1nn[nH]n1. The number of tetrazole rings is 1. The Hall–Kier alpha value is -1.96. The van der Waals surface area contributed by atoms with Gasteiger partial charge >= 0.3 is 0 Å². The Morgan fingerprint density at radius 2 is 2.16 bits per heavy atom. The van der Waals surface area contributed by atoms with Crippen LogP contribution in [0.25, 0.3) is 0 Å². The van der Waals surface area contributed by atoms with E-state index in [1.807, 2.05) is 24.3 Å². The quantitative estimate of drug-likeness (QED) is 0.828. The van der Waals surface area contributed by atoms with E-state index in [0.29, 0.717) is 12.4 Å². The number of nitrogens with zero attached hydrogens (tertiary/aromatic N) is 3. The van der Waals surface area contributed by atoms with Gasteiger partial charge in [-0.05, 0) is 24.3 Å². The molecule has 7 nitrogen and oxygen atoms in total. The first kappa shape index (κ1) is 13.5. The molecule has 0 fully saturated rings. The van der Waals surface area contributed by atoms with Gasteiger partial charge in [0.1, 0.15) is 5.75 Å². The van der Waals surface area contributed by atoms with Crippen LogP contribution in [0.5, 0.6) is 5.75 Å². The average molecular weight is 326 g/mol. The van der Waals surface area contributed by atoms with Crippen molar-refractivity contribution in [3.05, 3.63) is 34.6 Å². The van der Waals surface area contributed by atoms with E-state index in [1.165, 1.54) is 0 Å². The molecule has 1 amide bonds. The van der Waals surface area contributed by atoms with Gasteiger partial charge in [0.2, 0.25) is 5.91 Å². The second kappa shape index (κ2) is 6.83. The molecule has 2 N–H and O–H groups in total. The van der Waals surface area contributed by atoms with E-state index in [0.717, 1.165) is 10.2 Å². The smallest absolute Gasteiger partial charge is 0.223 e. The second-order valence-electron chi connectivity index (χ2n) is 3.66. The summed E-state index contributed by atoms with van der Waals surface area (Å²) in [5.74, 6) is 1.05. The number of aromatic amines is 1. The Morgan fingerprint density at radius 1 is 1.37 bits per heavy atom. The molecule has 0 aliphatic carbocycles. The Kier molecular flexibility index (Phi) is 4.85. The van der Waals surface area contributed by atoms with Crippen molar-refractivity contribution in [3.63, 3.8) is 0 Å². The van der Waals surface area contributed by atoms with Gasteiger partial charge in [-0.25, -0.2) is 0 Å². The minimum absolute atomic E-state index is 0.123. The van der Waals surface area contributed by atoms with Crippen LogP contribution in [0.3, 0.4) is 0 Å². The van der Waals surface area contributed by atoms with E-state index in [4.69, 9.17) is 4.74 Å². The molecule has 0 bridgehead atoms. The monoisotopic (exact) mass is 325 g/mol. The standard InChI is InChI=1S/C11H12BrN5O2/c12-8-1-3-9(4-2-8)19-6-5-11(18)13-7-10-14-16-17-15-10/h1-4H,5-7H2,(H,13,18)(H,14,15,16,17). The summed E-state index contributed by atoms with van der Waals surface area (Å²) in [5.41, 5.74) is 0. The van der Waals surface area contributed by atoms with Gasteiger partial charge in [-0.2, -0.15) is 5.21 Å². The fourth-order valence-electron chi connectivity index (χ4n) is 1.32. The summed E-state index contributed by atoms with van der Waals surface area (Å²) < 4.78 is 6.42. The van der Waals surface area contributed by atoms with E-state index in [1.54, 1.807) is 0 Å². The van der Waals surface area contributed by atoms with Crippen molar-refractivity contribution >= 4 is 21.8 Å². The fourth-order valence-corrected chi connectivity index (χ4v) is 1.58. The van der Waals surface area contributed by atoms with Gasteiger partial charge in [0.25, 0.3) is 0 Å². The number of hydrogen-bond donors (Lipinski definition) is 2. The van der Waals surface area contributed by atoms with Gasteiger partial charge in [0.15, 0.2) is 5.82 Å². The van der Waals surface area contributed by atoms with Gasteiger partial charge in [-0.15, -0.1) is 10.2 Å². The third kappa shape index (κ3) is 4.66. The molecule has 0 saturated carbocycles. The lowest BCUT2D eigenvalue weighted by atomic mass is 10.3. The van der Waals surface area contributed by atoms with Crippen LogP contribution in [-0.2, 0) is 11.3 Å². The molecule has 0 radical (unpaired) electrons. The molecule has 100 valence electrons. The van der Waals surface area contributed by atoms with Gasteiger partial charge < -0.3 is 10.1 Å². The van der Waals surface area contributed by atoms with E-state index < -0.39 is 0 Å². The number of amides is 1. The van der Waals surface area contributed by atoms with Crippen molar-refractivity contribution in [2.24, 2.45) is 0 Å². The highest BCUT2D eigenvalue weighted by molar-refractivity contribution is 9.10. The van der Waals surface area contributed by atoms with Crippen molar-refractivity contribution in [2.45, 2.75) is 13.0 Å². The van der Waals surface area contributed by atoms with Crippen molar-refractivity contribution < 1.29 is 9.53 Å². The number of benzene rings is 1. The van der Waals surface area contributed by atoms with Gasteiger partial charge in [0, 0.05) is 4.47 Å². The number of carbonyl (C=O) groups excluding carboxylic acids is 1. The third-order valence-electron chi connectivity index (χ3n) is 2.24. The molecule has 19 heavy (non-hydrogen) atoms. The predicted molar refractivity (Wildman–Crippen MR) is 70.3 cm³/mol. The number of halogens is 1. The molecule has 1 aromatic heterocycles. The van der Waals surface area contributed by atoms with Crippen molar-refractivity contribution in [3.8, 4) is 5.75 Å². The first-order chi connectivity index (χ1) is 9.24. The molecule has 0 saturated heterocycles. The number of H-pyrrole nitrogens is 1. The summed E-state index contributed by atoms with van der Waals surface area (Å²) >= 11 is 3.34. The lowest BCUT2D eigenvalue weighted by Crippen LogP contribution is -2.25. The Morgan fingerprint density at radius 3 is 2.84 bits per heavy atom. The van der Waals surface area contributed by atoms with E-state index in [-0.39, 0.29) is 18.9 Å². The molecular formula is C11H12BrN5O2. The van der Waals surface area contributed by atoms with Gasteiger partial charge in [0.05, 0.1) is 19.6 Å². The van der Waals surface area contributed by atoms with E-state index >= 15 is 0 Å². The highest BCUT2D eigenvalue weighted by atomic mass is 79.9. The molecule has 1 aromatic carbocycles. The third-order valence-corrected chi connectivity index (χ3v) is 2.77. The minimum Gasteiger partial charge on any atom is -0.493 e. The minimum atomic E-state index is -0.123. The number of nitrogens with one attached hydrogen (secondary N) is 2. The zero-order valence-electron chi connectivity index (χ0n) is 9.97. The highest BCUT2D eigenvalue weighted by Crippen LogP contribution is 2.16. The summed E-state index contributed by atoms with van der Waals surface area (Å²) in [6.45, 7) is 0.577. The zero-order chi connectivity index (χ0) is 13.5. The van der Waals surface area contributed by atoms with Crippen LogP contribution >= 0.6 is 15.9 Å².